The zero-order chi connectivity index (χ0) is 19.4. The lowest BCUT2D eigenvalue weighted by Gasteiger charge is -2.38. The number of rotatable bonds is 6. The molecule has 0 aromatic carbocycles. The maximum Gasteiger partial charge on any atom is 0.273 e. The summed E-state index contributed by atoms with van der Waals surface area (Å²) in [7, 11) is 0. The van der Waals surface area contributed by atoms with Crippen LogP contribution < -0.4 is 10.6 Å². The summed E-state index contributed by atoms with van der Waals surface area (Å²) < 4.78 is 1.95. The van der Waals surface area contributed by atoms with E-state index >= 15 is 0 Å². The fraction of sp³-hybridized carbons (Fsp3) is 0.850. The first-order valence-electron chi connectivity index (χ1n) is 10.6. The van der Waals surface area contributed by atoms with Crippen LogP contribution in [0.4, 0.5) is 0 Å². The lowest BCUT2D eigenvalue weighted by atomic mass is 9.94. The third kappa shape index (κ3) is 4.88. The Hall–Kier alpha value is -1.47. The van der Waals surface area contributed by atoms with Gasteiger partial charge in [-0.3, -0.25) is 9.69 Å². The highest BCUT2D eigenvalue weighted by molar-refractivity contribution is 5.93. The minimum absolute atomic E-state index is 0.0938. The third-order valence-electron chi connectivity index (χ3n) is 6.33. The van der Waals surface area contributed by atoms with E-state index in [1.165, 1.54) is 12.8 Å². The molecule has 2 fully saturated rings. The van der Waals surface area contributed by atoms with Crippen LogP contribution in [-0.2, 0) is 0 Å². The van der Waals surface area contributed by atoms with E-state index in [4.69, 9.17) is 0 Å². The Morgan fingerprint density at radius 2 is 1.89 bits per heavy atom. The van der Waals surface area contributed by atoms with E-state index in [0.29, 0.717) is 30.2 Å². The third-order valence-corrected chi connectivity index (χ3v) is 6.33. The normalized spacial score (nSPS) is 21.5. The average Bonchev–Trinajstić information content (AvgIpc) is 3.05. The van der Waals surface area contributed by atoms with Crippen LogP contribution in [0.3, 0.4) is 0 Å². The second kappa shape index (κ2) is 9.15. The molecule has 2 N–H and O–H groups in total. The average molecular weight is 377 g/mol. The number of piperidine rings is 2. The van der Waals surface area contributed by atoms with Gasteiger partial charge in [0.2, 0.25) is 0 Å². The van der Waals surface area contributed by atoms with Crippen molar-refractivity contribution < 1.29 is 4.79 Å². The Morgan fingerprint density at radius 1 is 1.22 bits per heavy atom. The largest absolute Gasteiger partial charge is 0.349 e. The maximum absolute atomic E-state index is 12.8. The zero-order valence-corrected chi connectivity index (χ0v) is 17.4. The van der Waals surface area contributed by atoms with Gasteiger partial charge in [0.1, 0.15) is 0 Å². The van der Waals surface area contributed by atoms with Crippen molar-refractivity contribution in [3.63, 3.8) is 0 Å². The van der Waals surface area contributed by atoms with Gasteiger partial charge in [0.05, 0.1) is 11.7 Å². The molecule has 1 amide bonds. The van der Waals surface area contributed by atoms with Crippen LogP contribution in [0.15, 0.2) is 0 Å². The fourth-order valence-electron chi connectivity index (χ4n) is 4.38. The molecule has 0 radical (unpaired) electrons. The molecule has 27 heavy (non-hydrogen) atoms. The summed E-state index contributed by atoms with van der Waals surface area (Å²) in [4.78, 5) is 15.3. The molecule has 0 bridgehead atoms. The molecule has 2 aliphatic heterocycles. The molecule has 1 aromatic rings. The molecular weight excluding hydrogens is 340 g/mol. The van der Waals surface area contributed by atoms with Crippen LogP contribution in [0.1, 0.15) is 68.7 Å². The first-order valence-corrected chi connectivity index (χ1v) is 10.6. The summed E-state index contributed by atoms with van der Waals surface area (Å²) in [5, 5.41) is 15.0. The van der Waals surface area contributed by atoms with Crippen LogP contribution in [0.5, 0.6) is 0 Å². The van der Waals surface area contributed by atoms with Gasteiger partial charge in [-0.2, -0.15) is 0 Å². The standard InChI is InChI=1S/C20H36N6O/c1-14(2)18(25-11-7-15(3)8-12-25)13-22-20(27)19-16(4)26(24-23-19)17-5-9-21-10-6-17/h14-15,17-18,21H,5-13H2,1-4H3,(H,22,27). The minimum Gasteiger partial charge on any atom is -0.349 e. The summed E-state index contributed by atoms with van der Waals surface area (Å²) in [6.45, 7) is 13.7. The molecule has 7 heteroatoms. The SMILES string of the molecule is Cc1c(C(=O)NCC(C(C)C)N2CCC(C)CC2)nnn1C1CCNCC1. The molecule has 152 valence electrons. The molecule has 0 saturated carbocycles. The van der Waals surface area contributed by atoms with Gasteiger partial charge in [0, 0.05) is 12.6 Å². The Balaban J connectivity index is 1.60. The van der Waals surface area contributed by atoms with Crippen molar-refractivity contribution in [2.24, 2.45) is 11.8 Å². The zero-order valence-electron chi connectivity index (χ0n) is 17.4. The molecule has 3 rings (SSSR count). The summed E-state index contributed by atoms with van der Waals surface area (Å²) in [6, 6.07) is 0.722. The van der Waals surface area contributed by atoms with Crippen molar-refractivity contribution in [2.75, 3.05) is 32.7 Å². The molecule has 0 spiro atoms. The summed E-state index contributed by atoms with van der Waals surface area (Å²) >= 11 is 0. The van der Waals surface area contributed by atoms with Crippen molar-refractivity contribution in [3.8, 4) is 0 Å². The van der Waals surface area contributed by atoms with Gasteiger partial charge in [-0.1, -0.05) is 26.0 Å². The first kappa shape index (κ1) is 20.3. The highest BCUT2D eigenvalue weighted by atomic mass is 16.2. The fourth-order valence-corrected chi connectivity index (χ4v) is 4.38. The van der Waals surface area contributed by atoms with E-state index in [9.17, 15) is 4.79 Å². The number of hydrogen-bond acceptors (Lipinski definition) is 5. The van der Waals surface area contributed by atoms with Gasteiger partial charge in [-0.25, -0.2) is 4.68 Å². The van der Waals surface area contributed by atoms with Crippen LogP contribution in [0.25, 0.3) is 0 Å². The van der Waals surface area contributed by atoms with E-state index < -0.39 is 0 Å². The van der Waals surface area contributed by atoms with Crippen molar-refractivity contribution in [1.29, 1.82) is 0 Å². The molecular formula is C20H36N6O. The van der Waals surface area contributed by atoms with Crippen molar-refractivity contribution in [3.05, 3.63) is 11.4 Å². The molecule has 2 aliphatic rings. The molecule has 7 nitrogen and oxygen atoms in total. The second-order valence-corrected chi connectivity index (χ2v) is 8.69. The lowest BCUT2D eigenvalue weighted by Crippen LogP contribution is -2.49. The van der Waals surface area contributed by atoms with E-state index in [0.717, 1.165) is 50.6 Å². The van der Waals surface area contributed by atoms with Gasteiger partial charge in [-0.15, -0.1) is 5.10 Å². The highest BCUT2D eigenvalue weighted by Crippen LogP contribution is 2.22. The predicted octanol–water partition coefficient (Wildman–Crippen LogP) is 2.00. The Bertz CT molecular complexity index is 614. The monoisotopic (exact) mass is 376 g/mol. The quantitative estimate of drug-likeness (QED) is 0.794. The van der Waals surface area contributed by atoms with Crippen LogP contribution in [0.2, 0.25) is 0 Å². The highest BCUT2D eigenvalue weighted by Gasteiger charge is 2.27. The van der Waals surface area contributed by atoms with Crippen LogP contribution in [0, 0.1) is 18.8 Å². The predicted molar refractivity (Wildman–Crippen MR) is 107 cm³/mol. The van der Waals surface area contributed by atoms with Gasteiger partial charge in [-0.05, 0) is 70.6 Å². The van der Waals surface area contributed by atoms with Gasteiger partial charge in [0.15, 0.2) is 5.69 Å². The molecule has 1 aromatic heterocycles. The number of hydrogen-bond donors (Lipinski definition) is 2. The number of likely N-dealkylation sites (tertiary alicyclic amines) is 1. The first-order chi connectivity index (χ1) is 13.0. The number of aromatic nitrogens is 3. The van der Waals surface area contributed by atoms with E-state index in [2.05, 4.69) is 46.6 Å². The number of nitrogens with one attached hydrogen (secondary N) is 2. The van der Waals surface area contributed by atoms with E-state index in [1.54, 1.807) is 0 Å². The Kier molecular flexibility index (Phi) is 6.87. The molecule has 1 atom stereocenters. The smallest absolute Gasteiger partial charge is 0.273 e. The van der Waals surface area contributed by atoms with Gasteiger partial charge < -0.3 is 10.6 Å². The number of carbonyl (C=O) groups excluding carboxylic acids is 1. The number of carbonyl (C=O) groups is 1. The maximum atomic E-state index is 12.8. The molecule has 2 saturated heterocycles. The van der Waals surface area contributed by atoms with Crippen LogP contribution >= 0.6 is 0 Å². The lowest BCUT2D eigenvalue weighted by molar-refractivity contribution is 0.0858. The Morgan fingerprint density at radius 3 is 2.52 bits per heavy atom. The summed E-state index contributed by atoms with van der Waals surface area (Å²) in [5.41, 5.74) is 1.36. The summed E-state index contributed by atoms with van der Waals surface area (Å²) in [5.74, 6) is 1.23. The van der Waals surface area contributed by atoms with Crippen molar-refractivity contribution in [1.82, 2.24) is 30.5 Å². The molecule has 1 unspecified atom stereocenters. The van der Waals surface area contributed by atoms with Crippen LogP contribution in [-0.4, -0.2) is 64.6 Å². The van der Waals surface area contributed by atoms with E-state index in [-0.39, 0.29) is 5.91 Å². The minimum atomic E-state index is -0.0938. The van der Waals surface area contributed by atoms with Crippen molar-refractivity contribution >= 4 is 5.91 Å². The summed E-state index contributed by atoms with van der Waals surface area (Å²) in [6.07, 6.45) is 4.57. The van der Waals surface area contributed by atoms with Crippen molar-refractivity contribution in [2.45, 2.75) is 65.5 Å². The number of amides is 1. The molecule has 3 heterocycles. The Labute approximate surface area is 163 Å². The molecule has 0 aliphatic carbocycles. The second-order valence-electron chi connectivity index (χ2n) is 8.69. The van der Waals surface area contributed by atoms with E-state index in [1.807, 2.05) is 11.6 Å². The topological polar surface area (TPSA) is 75.1 Å². The number of nitrogens with zero attached hydrogens (tertiary/aromatic N) is 4. The van der Waals surface area contributed by atoms with Gasteiger partial charge in [0.25, 0.3) is 5.91 Å². The van der Waals surface area contributed by atoms with Gasteiger partial charge >= 0.3 is 0 Å².